The molecule has 0 radical (unpaired) electrons. The molecule has 5 nitrogen and oxygen atoms in total. The number of aryl methyl sites for hydroxylation is 3. The average molecular weight is 349 g/mol. The summed E-state index contributed by atoms with van der Waals surface area (Å²) in [5.74, 6) is 0. The number of nitriles is 1. The highest BCUT2D eigenvalue weighted by Crippen LogP contribution is 2.26. The van der Waals surface area contributed by atoms with E-state index in [1.54, 1.807) is 4.68 Å². The zero-order chi connectivity index (χ0) is 17.8. The van der Waals surface area contributed by atoms with Gasteiger partial charge in [-0.05, 0) is 54.8 Å². The second-order valence-electron chi connectivity index (χ2n) is 6.09. The molecule has 0 saturated heterocycles. The quantitative estimate of drug-likeness (QED) is 0.655. The second-order valence-corrected chi connectivity index (χ2v) is 7.26. The third-order valence-electron chi connectivity index (χ3n) is 3.95. The molecule has 1 atom stereocenters. The van der Waals surface area contributed by atoms with Crippen molar-refractivity contribution in [3.63, 3.8) is 0 Å². The van der Waals surface area contributed by atoms with E-state index in [-0.39, 0.29) is 5.25 Å². The summed E-state index contributed by atoms with van der Waals surface area (Å²) in [6.45, 7) is 6.14. The summed E-state index contributed by atoms with van der Waals surface area (Å²) in [7, 11) is 0. The van der Waals surface area contributed by atoms with Crippen molar-refractivity contribution in [2.45, 2.75) is 37.6 Å². The van der Waals surface area contributed by atoms with Crippen LogP contribution in [0.1, 0.15) is 22.3 Å². The van der Waals surface area contributed by atoms with E-state index in [0.717, 1.165) is 16.8 Å². The number of benzene rings is 2. The lowest BCUT2D eigenvalue weighted by molar-refractivity contribution is 0.750. The average Bonchev–Trinajstić information content (AvgIpc) is 3.04. The predicted molar refractivity (Wildman–Crippen MR) is 98.8 cm³/mol. The van der Waals surface area contributed by atoms with Crippen LogP contribution in [0.25, 0.3) is 5.69 Å². The molecule has 0 fully saturated rings. The van der Waals surface area contributed by atoms with Gasteiger partial charge >= 0.3 is 0 Å². The van der Waals surface area contributed by atoms with E-state index in [2.05, 4.69) is 65.8 Å². The van der Waals surface area contributed by atoms with Gasteiger partial charge in [-0.3, -0.25) is 0 Å². The zero-order valence-corrected chi connectivity index (χ0v) is 15.3. The van der Waals surface area contributed by atoms with Crippen LogP contribution in [0.15, 0.2) is 47.6 Å². The standard InChI is InChI=1S/C19H19N5S/c1-13-4-7-16(8-5-13)11-17(12-20)25-19-21-22-23-24(19)18-9-6-14(2)10-15(18)3/h4-10,17H,11H2,1-3H3. The predicted octanol–water partition coefficient (Wildman–Crippen LogP) is 3.81. The van der Waals surface area contributed by atoms with E-state index < -0.39 is 0 Å². The van der Waals surface area contributed by atoms with Crippen LogP contribution >= 0.6 is 11.8 Å². The fourth-order valence-corrected chi connectivity index (χ4v) is 3.53. The van der Waals surface area contributed by atoms with Gasteiger partial charge in [0.25, 0.3) is 0 Å². The van der Waals surface area contributed by atoms with Crippen LogP contribution in [-0.4, -0.2) is 25.5 Å². The van der Waals surface area contributed by atoms with Crippen molar-refractivity contribution in [3.8, 4) is 11.8 Å². The molecule has 1 aromatic heterocycles. The number of aromatic nitrogens is 4. The molecule has 1 heterocycles. The van der Waals surface area contributed by atoms with Crippen LogP contribution in [0.4, 0.5) is 0 Å². The first-order valence-corrected chi connectivity index (χ1v) is 8.92. The van der Waals surface area contributed by atoms with Crippen molar-refractivity contribution in [3.05, 3.63) is 64.7 Å². The van der Waals surface area contributed by atoms with Gasteiger partial charge in [0, 0.05) is 0 Å². The van der Waals surface area contributed by atoms with Crippen molar-refractivity contribution >= 4 is 11.8 Å². The fourth-order valence-electron chi connectivity index (χ4n) is 2.63. The SMILES string of the molecule is Cc1ccc(CC(C#N)Sc2nnnn2-c2ccc(C)cc2C)cc1. The van der Waals surface area contributed by atoms with Gasteiger partial charge < -0.3 is 0 Å². The van der Waals surface area contributed by atoms with Crippen molar-refractivity contribution in [1.29, 1.82) is 5.26 Å². The molecule has 0 aliphatic rings. The summed E-state index contributed by atoms with van der Waals surface area (Å²) in [4.78, 5) is 0. The second kappa shape index (κ2) is 7.49. The summed E-state index contributed by atoms with van der Waals surface area (Å²) >= 11 is 1.39. The summed E-state index contributed by atoms with van der Waals surface area (Å²) in [6, 6.07) is 16.8. The van der Waals surface area contributed by atoms with Crippen molar-refractivity contribution < 1.29 is 0 Å². The minimum Gasteiger partial charge on any atom is -0.197 e. The first kappa shape index (κ1) is 17.2. The van der Waals surface area contributed by atoms with Gasteiger partial charge in [-0.15, -0.1) is 5.10 Å². The lowest BCUT2D eigenvalue weighted by Gasteiger charge is -2.11. The molecule has 0 N–H and O–H groups in total. The topological polar surface area (TPSA) is 67.4 Å². The Kier molecular flexibility index (Phi) is 5.15. The number of nitrogens with zero attached hydrogens (tertiary/aromatic N) is 5. The largest absolute Gasteiger partial charge is 0.215 e. The van der Waals surface area contributed by atoms with Crippen LogP contribution in [0, 0.1) is 32.1 Å². The highest BCUT2D eigenvalue weighted by Gasteiger charge is 2.17. The molecular weight excluding hydrogens is 330 g/mol. The number of thioether (sulfide) groups is 1. The molecule has 6 heteroatoms. The van der Waals surface area contributed by atoms with E-state index >= 15 is 0 Å². The smallest absolute Gasteiger partial charge is 0.197 e. The maximum absolute atomic E-state index is 9.54. The number of tetrazole rings is 1. The van der Waals surface area contributed by atoms with Crippen LogP contribution in [0.2, 0.25) is 0 Å². The Labute approximate surface area is 151 Å². The lowest BCUT2D eigenvalue weighted by atomic mass is 10.1. The molecule has 25 heavy (non-hydrogen) atoms. The van der Waals surface area contributed by atoms with Crippen molar-refractivity contribution in [2.75, 3.05) is 0 Å². The van der Waals surface area contributed by atoms with Crippen molar-refractivity contribution in [2.24, 2.45) is 0 Å². The van der Waals surface area contributed by atoms with E-state index in [1.807, 2.05) is 19.1 Å². The van der Waals surface area contributed by atoms with E-state index in [9.17, 15) is 5.26 Å². The lowest BCUT2D eigenvalue weighted by Crippen LogP contribution is -2.08. The molecule has 126 valence electrons. The van der Waals surface area contributed by atoms with Gasteiger partial charge in [-0.2, -0.15) is 9.94 Å². The highest BCUT2D eigenvalue weighted by atomic mass is 32.2. The van der Waals surface area contributed by atoms with Gasteiger partial charge in [0.05, 0.1) is 11.8 Å². The fraction of sp³-hybridized carbons (Fsp3) is 0.263. The monoisotopic (exact) mass is 349 g/mol. The van der Waals surface area contributed by atoms with Crippen molar-refractivity contribution in [1.82, 2.24) is 20.2 Å². The first-order valence-electron chi connectivity index (χ1n) is 8.04. The minimum atomic E-state index is -0.252. The Bertz CT molecular complexity index is 908. The van der Waals surface area contributed by atoms with Gasteiger partial charge in [-0.1, -0.05) is 59.3 Å². The summed E-state index contributed by atoms with van der Waals surface area (Å²) in [5.41, 5.74) is 5.57. The molecular formula is C19H19N5S. The Morgan fingerprint density at radius 3 is 2.48 bits per heavy atom. The minimum absolute atomic E-state index is 0.252. The third-order valence-corrected chi connectivity index (χ3v) is 4.98. The van der Waals surface area contributed by atoms with Gasteiger partial charge in [0.15, 0.2) is 0 Å². The molecule has 0 bridgehead atoms. The van der Waals surface area contributed by atoms with Gasteiger partial charge in [0.2, 0.25) is 5.16 Å². The van der Waals surface area contributed by atoms with Crippen LogP contribution in [-0.2, 0) is 6.42 Å². The van der Waals surface area contributed by atoms with E-state index in [4.69, 9.17) is 0 Å². The van der Waals surface area contributed by atoms with Gasteiger partial charge in [0.1, 0.15) is 5.25 Å². The molecule has 0 aliphatic carbocycles. The Morgan fingerprint density at radius 2 is 1.80 bits per heavy atom. The summed E-state index contributed by atoms with van der Waals surface area (Å²) in [5, 5.41) is 21.9. The normalized spacial score (nSPS) is 11.9. The van der Waals surface area contributed by atoms with Crippen LogP contribution in [0.3, 0.4) is 0 Å². The molecule has 1 unspecified atom stereocenters. The Hall–Kier alpha value is -2.65. The van der Waals surface area contributed by atoms with E-state index in [1.165, 1.54) is 22.9 Å². The number of hydrogen-bond donors (Lipinski definition) is 0. The van der Waals surface area contributed by atoms with Crippen LogP contribution in [0.5, 0.6) is 0 Å². The molecule has 2 aromatic carbocycles. The zero-order valence-electron chi connectivity index (χ0n) is 14.5. The molecule has 0 saturated carbocycles. The summed E-state index contributed by atoms with van der Waals surface area (Å²) < 4.78 is 1.71. The Morgan fingerprint density at radius 1 is 1.08 bits per heavy atom. The maximum atomic E-state index is 9.54. The molecule has 0 spiro atoms. The molecule has 0 amide bonds. The molecule has 3 aromatic rings. The number of rotatable bonds is 5. The first-order chi connectivity index (χ1) is 12.1. The highest BCUT2D eigenvalue weighted by molar-refractivity contribution is 8.00. The summed E-state index contributed by atoms with van der Waals surface area (Å²) in [6.07, 6.45) is 0.654. The Balaban J connectivity index is 1.82. The van der Waals surface area contributed by atoms with Crippen LogP contribution < -0.4 is 0 Å². The molecule has 3 rings (SSSR count). The van der Waals surface area contributed by atoms with E-state index in [0.29, 0.717) is 11.6 Å². The molecule has 0 aliphatic heterocycles. The number of hydrogen-bond acceptors (Lipinski definition) is 5. The third kappa shape index (κ3) is 4.06. The maximum Gasteiger partial charge on any atom is 0.215 e. The van der Waals surface area contributed by atoms with Gasteiger partial charge in [-0.25, -0.2) is 0 Å².